The van der Waals surface area contributed by atoms with Crippen molar-refractivity contribution in [2.75, 3.05) is 13.2 Å². The number of benzene rings is 2. The molecule has 1 fully saturated rings. The maximum absolute atomic E-state index is 10.7. The summed E-state index contributed by atoms with van der Waals surface area (Å²) in [6.45, 7) is 3.51. The van der Waals surface area contributed by atoms with Crippen LogP contribution in [0, 0.1) is 0 Å². The van der Waals surface area contributed by atoms with E-state index in [0.717, 1.165) is 49.6 Å². The normalized spacial score (nSPS) is 14.7. The third-order valence-electron chi connectivity index (χ3n) is 5.02. The zero-order chi connectivity index (χ0) is 28.9. The molecule has 9 N–H and O–H groups in total. The van der Waals surface area contributed by atoms with Gasteiger partial charge in [0.05, 0.1) is 6.61 Å². The van der Waals surface area contributed by atoms with E-state index in [4.69, 9.17) is 32.2 Å². The number of thiophene rings is 1. The van der Waals surface area contributed by atoms with Crippen LogP contribution in [0.2, 0.25) is 0 Å². The maximum Gasteiger partial charge on any atom is 0.352 e. The van der Waals surface area contributed by atoms with Gasteiger partial charge in [-0.2, -0.15) is 0 Å². The Morgan fingerprint density at radius 2 is 1.72 bits per heavy atom. The first kappa shape index (κ1) is 32.1. The smallest absolute Gasteiger partial charge is 0.352 e. The number of carboxylic acid groups (broad SMARTS) is 2. The van der Waals surface area contributed by atoms with Crippen molar-refractivity contribution >= 4 is 76.1 Å². The Morgan fingerprint density at radius 3 is 2.21 bits per heavy atom. The minimum absolute atomic E-state index is 0.216. The number of carbonyl (C=O) groups is 2. The predicted molar refractivity (Wildman–Crippen MR) is 164 cm³/mol. The van der Waals surface area contributed by atoms with Crippen molar-refractivity contribution in [3.8, 4) is 0 Å². The lowest BCUT2D eigenvalue weighted by atomic mass is 10.2. The molecule has 1 atom stereocenters. The molecule has 1 aliphatic heterocycles. The average Bonchev–Trinajstić information content (AvgIpc) is 3.64. The van der Waals surface area contributed by atoms with Gasteiger partial charge in [0, 0.05) is 49.1 Å². The number of aromatic nitrogens is 1. The van der Waals surface area contributed by atoms with E-state index < -0.39 is 11.9 Å². The molecule has 0 amide bonds. The molecule has 2 aromatic carbocycles. The number of aromatic amines is 1. The average molecular weight is 682 g/mol. The SMILES string of the molecule is C/C=C\C(N)=C/N.NC1CCOC1.O=C(O)c1cc2ccc(Br)cc2[nH]1.O=C(O)c1cc2ccc(Br)cc2s1. The molecular formula is C27H30Br2N4O5S. The first-order chi connectivity index (χ1) is 18.5. The molecule has 1 saturated heterocycles. The standard InChI is InChI=1S/C9H6BrNO2.C9H5BrO2S.C5H10N2.C4H9NO/c10-6-2-1-5-3-8(9(12)13)11-7(5)4-6;10-6-2-1-5-3-8(9(11)12)13-7(5)4-6;1-2-3-5(7)4-6;5-4-1-2-6-3-4/h1-4,11H,(H,12,13);1-4H,(H,11,12);2-4H,6-7H2,1H3;4H,1-3,5H2/b;;3-2-,5-4+;. The molecule has 39 heavy (non-hydrogen) atoms. The molecule has 0 aliphatic carbocycles. The second kappa shape index (κ2) is 16.1. The number of H-pyrrole nitrogens is 1. The molecule has 0 radical (unpaired) electrons. The van der Waals surface area contributed by atoms with Gasteiger partial charge in [-0.1, -0.05) is 50.1 Å². The van der Waals surface area contributed by atoms with Crippen LogP contribution >= 0.6 is 43.2 Å². The van der Waals surface area contributed by atoms with Gasteiger partial charge in [0.25, 0.3) is 0 Å². The second-order valence-corrected chi connectivity index (χ2v) is 11.0. The van der Waals surface area contributed by atoms with E-state index in [1.54, 1.807) is 18.2 Å². The fourth-order valence-corrected chi connectivity index (χ4v) is 4.94. The summed E-state index contributed by atoms with van der Waals surface area (Å²) in [5.74, 6) is -1.80. The van der Waals surface area contributed by atoms with Crippen LogP contribution in [0.15, 0.2) is 81.5 Å². The molecular weight excluding hydrogens is 652 g/mol. The molecule has 0 bridgehead atoms. The monoisotopic (exact) mass is 680 g/mol. The zero-order valence-electron chi connectivity index (χ0n) is 21.1. The minimum Gasteiger partial charge on any atom is -0.477 e. The highest BCUT2D eigenvalue weighted by Crippen LogP contribution is 2.28. The number of hydrogen-bond acceptors (Lipinski definition) is 7. The number of ether oxygens (including phenoxy) is 1. The van der Waals surface area contributed by atoms with Crippen molar-refractivity contribution in [2.24, 2.45) is 17.2 Å². The molecule has 9 nitrogen and oxygen atoms in total. The van der Waals surface area contributed by atoms with Gasteiger partial charge in [-0.15, -0.1) is 11.3 Å². The Hall–Kier alpha value is -3.16. The van der Waals surface area contributed by atoms with Crippen LogP contribution in [-0.2, 0) is 4.74 Å². The molecule has 0 spiro atoms. The first-order valence-corrected chi connectivity index (χ1v) is 14.0. The van der Waals surface area contributed by atoms with Crippen molar-refractivity contribution in [2.45, 2.75) is 19.4 Å². The van der Waals surface area contributed by atoms with Gasteiger partial charge in [0.2, 0.25) is 0 Å². The number of nitrogens with one attached hydrogen (secondary N) is 1. The highest BCUT2D eigenvalue weighted by atomic mass is 79.9. The lowest BCUT2D eigenvalue weighted by Gasteiger charge is -1.90. The lowest BCUT2D eigenvalue weighted by molar-refractivity contribution is 0.0685. The third kappa shape index (κ3) is 10.9. The molecule has 12 heteroatoms. The highest BCUT2D eigenvalue weighted by Gasteiger charge is 2.09. The number of aromatic carboxylic acids is 2. The molecule has 208 valence electrons. The van der Waals surface area contributed by atoms with E-state index in [0.29, 0.717) is 16.6 Å². The largest absolute Gasteiger partial charge is 0.477 e. The van der Waals surface area contributed by atoms with Crippen molar-refractivity contribution in [3.05, 3.63) is 92.1 Å². The fraction of sp³-hybridized carbons (Fsp3) is 0.185. The summed E-state index contributed by atoms with van der Waals surface area (Å²) in [7, 11) is 0. The van der Waals surface area contributed by atoms with E-state index in [9.17, 15) is 9.59 Å². The number of nitrogens with two attached hydrogens (primary N) is 3. The van der Waals surface area contributed by atoms with Crippen LogP contribution < -0.4 is 17.2 Å². The van der Waals surface area contributed by atoms with Crippen LogP contribution in [0.3, 0.4) is 0 Å². The van der Waals surface area contributed by atoms with E-state index in [1.165, 1.54) is 17.5 Å². The molecule has 1 unspecified atom stereocenters. The van der Waals surface area contributed by atoms with E-state index in [2.05, 4.69) is 36.8 Å². The van der Waals surface area contributed by atoms with Gasteiger partial charge >= 0.3 is 11.9 Å². The minimum atomic E-state index is -0.938. The number of halogens is 2. The molecule has 2 aromatic heterocycles. The third-order valence-corrected chi connectivity index (χ3v) is 7.10. The van der Waals surface area contributed by atoms with Gasteiger partial charge in [-0.25, -0.2) is 9.59 Å². The Kier molecular flexibility index (Phi) is 13.2. The maximum atomic E-state index is 10.7. The highest BCUT2D eigenvalue weighted by molar-refractivity contribution is 9.10. The van der Waals surface area contributed by atoms with E-state index >= 15 is 0 Å². The van der Waals surface area contributed by atoms with Crippen LogP contribution in [0.5, 0.6) is 0 Å². The summed E-state index contributed by atoms with van der Waals surface area (Å²) in [4.78, 5) is 24.5. The van der Waals surface area contributed by atoms with Gasteiger partial charge in [0.15, 0.2) is 0 Å². The van der Waals surface area contributed by atoms with E-state index in [-0.39, 0.29) is 5.69 Å². The Bertz CT molecular complexity index is 1370. The van der Waals surface area contributed by atoms with Gasteiger partial charge in [0.1, 0.15) is 10.6 Å². The number of allylic oxidation sites excluding steroid dienone is 2. The number of fused-ring (bicyclic) bond motifs is 2. The second-order valence-electron chi connectivity index (χ2n) is 8.11. The van der Waals surface area contributed by atoms with Crippen molar-refractivity contribution in [3.63, 3.8) is 0 Å². The van der Waals surface area contributed by atoms with Crippen LogP contribution in [0.1, 0.15) is 33.5 Å². The predicted octanol–water partition coefficient (Wildman–Crippen LogP) is 6.05. The summed E-state index contributed by atoms with van der Waals surface area (Å²) in [6, 6.07) is 14.9. The number of carboxylic acids is 2. The quantitative estimate of drug-likeness (QED) is 0.142. The van der Waals surface area contributed by atoms with Gasteiger partial charge in [-0.05, 0) is 61.2 Å². The topological polar surface area (TPSA) is 178 Å². The fourth-order valence-electron chi connectivity index (χ4n) is 3.13. The molecule has 4 aromatic rings. The zero-order valence-corrected chi connectivity index (χ0v) is 25.1. The van der Waals surface area contributed by atoms with Crippen LogP contribution in [0.4, 0.5) is 0 Å². The van der Waals surface area contributed by atoms with E-state index in [1.807, 2.05) is 49.4 Å². The number of hydrogen-bond donors (Lipinski definition) is 6. The van der Waals surface area contributed by atoms with Crippen LogP contribution in [0.25, 0.3) is 21.0 Å². The molecule has 0 saturated carbocycles. The van der Waals surface area contributed by atoms with Crippen LogP contribution in [-0.4, -0.2) is 46.4 Å². The lowest BCUT2D eigenvalue weighted by Crippen LogP contribution is -2.18. The Labute approximate surface area is 246 Å². The first-order valence-electron chi connectivity index (χ1n) is 11.6. The van der Waals surface area contributed by atoms with Crippen molar-refractivity contribution in [1.82, 2.24) is 4.98 Å². The summed E-state index contributed by atoms with van der Waals surface area (Å²) < 4.78 is 7.82. The van der Waals surface area contributed by atoms with Gasteiger partial charge < -0.3 is 37.1 Å². The Morgan fingerprint density at radius 1 is 1.05 bits per heavy atom. The summed E-state index contributed by atoms with van der Waals surface area (Å²) >= 11 is 7.94. The molecule has 3 heterocycles. The van der Waals surface area contributed by atoms with Crippen molar-refractivity contribution in [1.29, 1.82) is 0 Å². The van der Waals surface area contributed by atoms with Gasteiger partial charge in [-0.3, -0.25) is 0 Å². The summed E-state index contributed by atoms with van der Waals surface area (Å²) in [6.07, 6.45) is 5.97. The summed E-state index contributed by atoms with van der Waals surface area (Å²) in [5, 5.41) is 19.3. The molecule has 5 rings (SSSR count). The van der Waals surface area contributed by atoms with Crippen molar-refractivity contribution < 1.29 is 24.5 Å². The summed E-state index contributed by atoms with van der Waals surface area (Å²) in [5.41, 5.74) is 17.3. The molecule has 1 aliphatic rings. The Balaban J connectivity index is 0.000000193. The number of rotatable bonds is 3.